The lowest BCUT2D eigenvalue weighted by Gasteiger charge is -2.20. The van der Waals surface area contributed by atoms with E-state index in [1.165, 1.54) is 7.11 Å². The van der Waals surface area contributed by atoms with Crippen LogP contribution >= 0.6 is 0 Å². The molecule has 1 aromatic carbocycles. The molecule has 0 N–H and O–H groups in total. The van der Waals surface area contributed by atoms with E-state index in [1.807, 2.05) is 24.3 Å². The minimum atomic E-state index is -0.298. The van der Waals surface area contributed by atoms with Crippen LogP contribution in [0, 0.1) is 0 Å². The molecule has 0 atom stereocenters. The maximum absolute atomic E-state index is 12.6. The first kappa shape index (κ1) is 22.7. The number of unbranched alkanes of at least 4 members (excludes halogenated alkanes) is 3. The third kappa shape index (κ3) is 9.83. The molecule has 0 unspecified atom stereocenters. The third-order valence-corrected chi connectivity index (χ3v) is 4.18. The van der Waals surface area contributed by atoms with E-state index < -0.39 is 0 Å². The van der Waals surface area contributed by atoms with Crippen molar-refractivity contribution in [2.45, 2.75) is 52.4 Å². The van der Waals surface area contributed by atoms with E-state index in [1.54, 1.807) is 17.1 Å². The van der Waals surface area contributed by atoms with E-state index in [2.05, 4.69) is 18.6 Å². The van der Waals surface area contributed by atoms with Crippen LogP contribution in [0.25, 0.3) is 6.08 Å². The number of hydrogen-bond donors (Lipinski definition) is 0. The Morgan fingerprint density at radius 2 is 1.74 bits per heavy atom. The fourth-order valence-corrected chi connectivity index (χ4v) is 2.56. The summed E-state index contributed by atoms with van der Waals surface area (Å²) in [6, 6.07) is 7.66. The molecule has 0 aliphatic heterocycles. The zero-order valence-corrected chi connectivity index (χ0v) is 16.9. The number of methoxy groups -OCH3 is 1. The second kappa shape index (κ2) is 13.8. The summed E-state index contributed by atoms with van der Waals surface area (Å²) >= 11 is 0. The van der Waals surface area contributed by atoms with Crippen molar-refractivity contribution in [3.63, 3.8) is 0 Å². The van der Waals surface area contributed by atoms with Crippen molar-refractivity contribution in [3.8, 4) is 5.75 Å². The highest BCUT2D eigenvalue weighted by molar-refractivity contribution is 5.92. The molecule has 1 aromatic rings. The number of benzene rings is 1. The molecule has 27 heavy (non-hydrogen) atoms. The Morgan fingerprint density at radius 1 is 1.00 bits per heavy atom. The number of hydrogen-bond acceptors (Lipinski definition) is 4. The Balaban J connectivity index is 2.63. The number of esters is 1. The molecule has 0 fully saturated rings. The zero-order valence-electron chi connectivity index (χ0n) is 16.9. The first-order chi connectivity index (χ1) is 13.1. The fourth-order valence-electron chi connectivity index (χ4n) is 2.56. The summed E-state index contributed by atoms with van der Waals surface area (Å²) in [5.74, 6) is 0.450. The van der Waals surface area contributed by atoms with Gasteiger partial charge >= 0.3 is 5.97 Å². The van der Waals surface area contributed by atoms with Crippen LogP contribution < -0.4 is 4.74 Å². The topological polar surface area (TPSA) is 55.8 Å². The van der Waals surface area contributed by atoms with Crippen LogP contribution in [-0.4, -0.2) is 43.6 Å². The Labute approximate surface area is 163 Å². The van der Waals surface area contributed by atoms with E-state index in [0.717, 1.165) is 43.4 Å². The lowest BCUT2D eigenvalue weighted by atomic mass is 10.2. The number of carbonyl (C=O) groups is 2. The van der Waals surface area contributed by atoms with Crippen LogP contribution in [0.4, 0.5) is 0 Å². The molecule has 5 heteroatoms. The van der Waals surface area contributed by atoms with Gasteiger partial charge in [0.1, 0.15) is 5.75 Å². The summed E-state index contributed by atoms with van der Waals surface area (Å²) < 4.78 is 10.2. The van der Waals surface area contributed by atoms with Gasteiger partial charge in [0.15, 0.2) is 0 Å². The summed E-state index contributed by atoms with van der Waals surface area (Å²) in [6.45, 7) is 5.95. The maximum Gasteiger partial charge on any atom is 0.307 e. The minimum Gasteiger partial charge on any atom is -0.494 e. The van der Waals surface area contributed by atoms with Gasteiger partial charge in [-0.15, -0.1) is 0 Å². The van der Waals surface area contributed by atoms with Crippen LogP contribution in [0.2, 0.25) is 0 Å². The lowest BCUT2D eigenvalue weighted by Crippen LogP contribution is -2.32. The van der Waals surface area contributed by atoms with Gasteiger partial charge in [-0.2, -0.15) is 0 Å². The fraction of sp³-hybridized carbons (Fsp3) is 0.545. The molecule has 1 rings (SSSR count). The van der Waals surface area contributed by atoms with Gasteiger partial charge in [-0.3, -0.25) is 9.59 Å². The SMILES string of the molecule is CCCCCCN(CCC(=O)OC)C(=O)/C=C/c1ccc(OCCC)cc1. The molecule has 0 heterocycles. The standard InChI is InChI=1S/C22H33NO4/c1-4-6-7-8-16-23(17-15-22(25)26-3)21(24)14-11-19-9-12-20(13-10-19)27-18-5-2/h9-14H,4-8,15-18H2,1-3H3/b14-11+. The molecule has 1 amide bonds. The predicted molar refractivity (Wildman–Crippen MR) is 109 cm³/mol. The van der Waals surface area contributed by atoms with Gasteiger partial charge in [-0.25, -0.2) is 0 Å². The van der Waals surface area contributed by atoms with Gasteiger partial charge in [0.2, 0.25) is 5.91 Å². The van der Waals surface area contributed by atoms with Gasteiger partial charge in [-0.1, -0.05) is 45.2 Å². The molecule has 5 nitrogen and oxygen atoms in total. The molecule has 0 saturated carbocycles. The molecule has 0 radical (unpaired) electrons. The summed E-state index contributed by atoms with van der Waals surface area (Å²) in [7, 11) is 1.36. The quantitative estimate of drug-likeness (QED) is 0.290. The third-order valence-electron chi connectivity index (χ3n) is 4.18. The van der Waals surface area contributed by atoms with E-state index in [9.17, 15) is 9.59 Å². The van der Waals surface area contributed by atoms with E-state index in [0.29, 0.717) is 19.7 Å². The minimum absolute atomic E-state index is 0.0817. The second-order valence-electron chi connectivity index (χ2n) is 6.46. The van der Waals surface area contributed by atoms with Gasteiger partial charge in [0.25, 0.3) is 0 Å². The van der Waals surface area contributed by atoms with Crippen molar-refractivity contribution in [2.75, 3.05) is 26.8 Å². The average Bonchev–Trinajstić information content (AvgIpc) is 2.70. The smallest absolute Gasteiger partial charge is 0.307 e. The number of ether oxygens (including phenoxy) is 2. The van der Waals surface area contributed by atoms with Crippen LogP contribution in [-0.2, 0) is 14.3 Å². The molecule has 0 bridgehead atoms. The summed E-state index contributed by atoms with van der Waals surface area (Å²) in [5, 5.41) is 0. The van der Waals surface area contributed by atoms with Gasteiger partial charge in [-0.05, 0) is 36.6 Å². The second-order valence-corrected chi connectivity index (χ2v) is 6.46. The Kier molecular flexibility index (Phi) is 11.7. The van der Waals surface area contributed by atoms with Crippen molar-refractivity contribution in [1.82, 2.24) is 4.90 Å². The Bertz CT molecular complexity index is 580. The van der Waals surface area contributed by atoms with E-state index in [4.69, 9.17) is 4.74 Å². The summed E-state index contributed by atoms with van der Waals surface area (Å²) in [5.41, 5.74) is 0.936. The zero-order chi connectivity index (χ0) is 19.9. The van der Waals surface area contributed by atoms with E-state index in [-0.39, 0.29) is 18.3 Å². The highest BCUT2D eigenvalue weighted by atomic mass is 16.5. The maximum atomic E-state index is 12.6. The normalized spacial score (nSPS) is 10.8. The van der Waals surface area contributed by atoms with Crippen LogP contribution in [0.1, 0.15) is 57.9 Å². The predicted octanol–water partition coefficient (Wildman–Crippen LogP) is 4.46. The number of carbonyl (C=O) groups excluding carboxylic acids is 2. The number of amides is 1. The highest BCUT2D eigenvalue weighted by Crippen LogP contribution is 2.14. The number of nitrogens with zero attached hydrogens (tertiary/aromatic N) is 1. The Hall–Kier alpha value is -2.30. The average molecular weight is 376 g/mol. The van der Waals surface area contributed by atoms with Crippen LogP contribution in [0.3, 0.4) is 0 Å². The first-order valence-corrected chi connectivity index (χ1v) is 9.87. The van der Waals surface area contributed by atoms with Crippen molar-refractivity contribution >= 4 is 18.0 Å². The van der Waals surface area contributed by atoms with Crippen LogP contribution in [0.5, 0.6) is 5.75 Å². The lowest BCUT2D eigenvalue weighted by molar-refractivity contribution is -0.141. The number of rotatable bonds is 13. The van der Waals surface area contributed by atoms with Gasteiger partial charge in [0.05, 0.1) is 20.1 Å². The highest BCUT2D eigenvalue weighted by Gasteiger charge is 2.12. The van der Waals surface area contributed by atoms with Crippen molar-refractivity contribution in [2.24, 2.45) is 0 Å². The largest absolute Gasteiger partial charge is 0.494 e. The van der Waals surface area contributed by atoms with E-state index >= 15 is 0 Å². The van der Waals surface area contributed by atoms with Gasteiger partial charge < -0.3 is 14.4 Å². The molecule has 0 spiro atoms. The molecule has 0 aromatic heterocycles. The van der Waals surface area contributed by atoms with Crippen molar-refractivity contribution < 1.29 is 19.1 Å². The monoisotopic (exact) mass is 375 g/mol. The molecule has 0 aliphatic carbocycles. The van der Waals surface area contributed by atoms with Crippen molar-refractivity contribution in [3.05, 3.63) is 35.9 Å². The summed E-state index contributed by atoms with van der Waals surface area (Å²) in [4.78, 5) is 25.7. The van der Waals surface area contributed by atoms with Crippen LogP contribution in [0.15, 0.2) is 30.3 Å². The molecule has 0 saturated heterocycles. The molecule has 150 valence electrons. The van der Waals surface area contributed by atoms with Gasteiger partial charge in [0, 0.05) is 19.2 Å². The molecular weight excluding hydrogens is 342 g/mol. The first-order valence-electron chi connectivity index (χ1n) is 9.87. The molecule has 0 aliphatic rings. The Morgan fingerprint density at radius 3 is 2.37 bits per heavy atom. The summed E-state index contributed by atoms with van der Waals surface area (Å²) in [6.07, 6.45) is 8.88. The molecular formula is C22H33NO4. The van der Waals surface area contributed by atoms with Crippen molar-refractivity contribution in [1.29, 1.82) is 0 Å².